The predicted molar refractivity (Wildman–Crippen MR) is 57.1 cm³/mol. The molecule has 0 radical (unpaired) electrons. The van der Waals surface area contributed by atoms with Crippen molar-refractivity contribution in [3.8, 4) is 11.8 Å². The molecule has 72 valence electrons. The minimum absolute atomic E-state index is 0.384. The van der Waals surface area contributed by atoms with E-state index >= 15 is 0 Å². The number of aldehydes is 1. The molecule has 0 atom stereocenters. The molecule has 0 bridgehead atoms. The van der Waals surface area contributed by atoms with E-state index in [0.717, 1.165) is 0 Å². The van der Waals surface area contributed by atoms with Crippen molar-refractivity contribution >= 4 is 18.9 Å². The maximum atomic E-state index is 12.8. The summed E-state index contributed by atoms with van der Waals surface area (Å²) in [5, 5.41) is 0. The van der Waals surface area contributed by atoms with Gasteiger partial charge in [-0.15, -0.1) is 0 Å². The third-order valence-corrected chi connectivity index (χ3v) is 1.83. The van der Waals surface area contributed by atoms with Gasteiger partial charge in [0, 0.05) is 23.3 Å². The van der Waals surface area contributed by atoms with Gasteiger partial charge in [-0.1, -0.05) is 11.8 Å². The van der Waals surface area contributed by atoms with Gasteiger partial charge in [-0.25, -0.2) is 4.39 Å². The summed E-state index contributed by atoms with van der Waals surface area (Å²) < 4.78 is 12.8. The molecular formula is C11H9FOS. The highest BCUT2D eigenvalue weighted by molar-refractivity contribution is 7.80. The van der Waals surface area contributed by atoms with Gasteiger partial charge >= 0.3 is 0 Å². The van der Waals surface area contributed by atoms with Gasteiger partial charge in [-0.3, -0.25) is 4.79 Å². The Bertz CT molecular complexity index is 390. The zero-order valence-corrected chi connectivity index (χ0v) is 8.35. The second-order valence-electron chi connectivity index (χ2n) is 2.62. The molecule has 0 fully saturated rings. The average Bonchev–Trinajstić information content (AvgIpc) is 2.19. The standard InChI is InChI=1S/C11H9FOS/c12-11-5-4-10(8-13)9(7-11)3-1-2-6-14/h4-5,7-8,14H,2,6H2. The highest BCUT2D eigenvalue weighted by Gasteiger charge is 1.99. The lowest BCUT2D eigenvalue weighted by Gasteiger charge is -1.95. The lowest BCUT2D eigenvalue weighted by atomic mass is 10.1. The van der Waals surface area contributed by atoms with E-state index in [4.69, 9.17) is 0 Å². The first-order chi connectivity index (χ1) is 6.77. The van der Waals surface area contributed by atoms with Crippen LogP contribution in [0.5, 0.6) is 0 Å². The Kier molecular flexibility index (Phi) is 4.21. The number of benzene rings is 1. The summed E-state index contributed by atoms with van der Waals surface area (Å²) >= 11 is 3.99. The SMILES string of the molecule is O=Cc1ccc(F)cc1C#CCCS. The zero-order chi connectivity index (χ0) is 10.4. The molecule has 0 unspecified atom stereocenters. The van der Waals surface area contributed by atoms with Crippen LogP contribution in [0, 0.1) is 17.7 Å². The lowest BCUT2D eigenvalue weighted by molar-refractivity contribution is 0.112. The van der Waals surface area contributed by atoms with E-state index in [1.54, 1.807) is 0 Å². The summed E-state index contributed by atoms with van der Waals surface area (Å²) in [6.45, 7) is 0. The predicted octanol–water partition coefficient (Wildman–Crippen LogP) is 2.31. The Hall–Kier alpha value is -1.27. The van der Waals surface area contributed by atoms with Crippen LogP contribution in [-0.2, 0) is 0 Å². The summed E-state index contributed by atoms with van der Waals surface area (Å²) in [7, 11) is 0. The van der Waals surface area contributed by atoms with E-state index in [1.165, 1.54) is 18.2 Å². The van der Waals surface area contributed by atoms with Crippen molar-refractivity contribution in [3.05, 3.63) is 35.1 Å². The van der Waals surface area contributed by atoms with Gasteiger partial charge in [-0.05, 0) is 18.2 Å². The van der Waals surface area contributed by atoms with Crippen LogP contribution in [0.2, 0.25) is 0 Å². The fourth-order valence-corrected chi connectivity index (χ4v) is 1.06. The number of hydrogen-bond donors (Lipinski definition) is 1. The molecule has 0 N–H and O–H groups in total. The number of halogens is 1. The molecule has 0 amide bonds. The van der Waals surface area contributed by atoms with E-state index in [0.29, 0.717) is 29.6 Å². The van der Waals surface area contributed by atoms with Crippen molar-refractivity contribution in [2.75, 3.05) is 5.75 Å². The van der Waals surface area contributed by atoms with E-state index in [2.05, 4.69) is 24.5 Å². The van der Waals surface area contributed by atoms with Gasteiger partial charge in [-0.2, -0.15) is 12.6 Å². The quantitative estimate of drug-likeness (QED) is 0.448. The molecule has 0 heterocycles. The monoisotopic (exact) mass is 208 g/mol. The largest absolute Gasteiger partial charge is 0.298 e. The van der Waals surface area contributed by atoms with Crippen molar-refractivity contribution in [3.63, 3.8) is 0 Å². The molecule has 1 nitrogen and oxygen atoms in total. The molecule has 1 rings (SSSR count). The Balaban J connectivity index is 3.00. The van der Waals surface area contributed by atoms with Gasteiger partial charge in [0.25, 0.3) is 0 Å². The first-order valence-corrected chi connectivity index (χ1v) is 4.75. The zero-order valence-electron chi connectivity index (χ0n) is 7.46. The minimum Gasteiger partial charge on any atom is -0.298 e. The van der Waals surface area contributed by atoms with E-state index in [9.17, 15) is 9.18 Å². The molecule has 3 heteroatoms. The smallest absolute Gasteiger partial charge is 0.151 e. The van der Waals surface area contributed by atoms with Gasteiger partial charge in [0.1, 0.15) is 5.82 Å². The second-order valence-corrected chi connectivity index (χ2v) is 3.07. The highest BCUT2D eigenvalue weighted by atomic mass is 32.1. The summed E-state index contributed by atoms with van der Waals surface area (Å²) in [4.78, 5) is 10.6. The van der Waals surface area contributed by atoms with Gasteiger partial charge in [0.2, 0.25) is 0 Å². The maximum absolute atomic E-state index is 12.8. The van der Waals surface area contributed by atoms with Crippen molar-refractivity contribution in [1.82, 2.24) is 0 Å². The molecule has 0 spiro atoms. The molecule has 0 aliphatic rings. The van der Waals surface area contributed by atoms with Gasteiger partial charge < -0.3 is 0 Å². The number of carbonyl (C=O) groups is 1. The molecule has 0 saturated carbocycles. The van der Waals surface area contributed by atoms with Crippen LogP contribution in [0.1, 0.15) is 22.3 Å². The normalized spacial score (nSPS) is 9.00. The Morgan fingerprint density at radius 2 is 2.29 bits per heavy atom. The molecule has 0 aliphatic carbocycles. The van der Waals surface area contributed by atoms with Crippen molar-refractivity contribution in [2.24, 2.45) is 0 Å². The number of rotatable bonds is 2. The van der Waals surface area contributed by atoms with Crippen LogP contribution in [0.3, 0.4) is 0 Å². The Morgan fingerprint density at radius 3 is 2.93 bits per heavy atom. The summed E-state index contributed by atoms with van der Waals surface area (Å²) in [5.41, 5.74) is 0.847. The average molecular weight is 208 g/mol. The Labute approximate surface area is 87.7 Å². The number of carbonyl (C=O) groups excluding carboxylic acids is 1. The molecule has 1 aromatic carbocycles. The third kappa shape index (κ3) is 2.90. The molecule has 14 heavy (non-hydrogen) atoms. The van der Waals surface area contributed by atoms with Crippen LogP contribution in [0.4, 0.5) is 4.39 Å². The minimum atomic E-state index is -0.384. The fourth-order valence-electron chi connectivity index (χ4n) is 0.953. The third-order valence-electron chi connectivity index (χ3n) is 1.60. The lowest BCUT2D eigenvalue weighted by Crippen LogP contribution is -1.88. The van der Waals surface area contributed by atoms with Crippen LogP contribution in [-0.4, -0.2) is 12.0 Å². The first-order valence-electron chi connectivity index (χ1n) is 4.12. The number of thiol groups is 1. The molecule has 0 saturated heterocycles. The van der Waals surface area contributed by atoms with E-state index < -0.39 is 0 Å². The molecule has 1 aromatic rings. The maximum Gasteiger partial charge on any atom is 0.151 e. The first kappa shape index (κ1) is 10.8. The van der Waals surface area contributed by atoms with E-state index in [-0.39, 0.29) is 5.82 Å². The summed E-state index contributed by atoms with van der Waals surface area (Å²) in [6.07, 6.45) is 1.29. The molecule has 0 aromatic heterocycles. The molecule has 0 aliphatic heterocycles. The molecular weight excluding hydrogens is 199 g/mol. The van der Waals surface area contributed by atoms with E-state index in [1.807, 2.05) is 0 Å². The fraction of sp³-hybridized carbons (Fsp3) is 0.182. The van der Waals surface area contributed by atoms with Gasteiger partial charge in [0.15, 0.2) is 6.29 Å². The Morgan fingerprint density at radius 1 is 1.50 bits per heavy atom. The van der Waals surface area contributed by atoms with Crippen molar-refractivity contribution < 1.29 is 9.18 Å². The topological polar surface area (TPSA) is 17.1 Å². The second kappa shape index (κ2) is 5.46. The van der Waals surface area contributed by atoms with Crippen LogP contribution >= 0.6 is 12.6 Å². The van der Waals surface area contributed by atoms with Gasteiger partial charge in [0.05, 0.1) is 0 Å². The van der Waals surface area contributed by atoms with Crippen molar-refractivity contribution in [2.45, 2.75) is 6.42 Å². The van der Waals surface area contributed by atoms with Crippen molar-refractivity contribution in [1.29, 1.82) is 0 Å². The van der Waals surface area contributed by atoms with Crippen LogP contribution in [0.15, 0.2) is 18.2 Å². The highest BCUT2D eigenvalue weighted by Crippen LogP contribution is 2.07. The summed E-state index contributed by atoms with van der Waals surface area (Å²) in [5.74, 6) is 5.81. The summed E-state index contributed by atoms with van der Waals surface area (Å²) in [6, 6.07) is 3.93. The van der Waals surface area contributed by atoms with Crippen LogP contribution in [0.25, 0.3) is 0 Å². The number of hydrogen-bond acceptors (Lipinski definition) is 2. The van der Waals surface area contributed by atoms with Crippen LogP contribution < -0.4 is 0 Å².